The summed E-state index contributed by atoms with van der Waals surface area (Å²) in [6, 6.07) is 13.2. The zero-order valence-electron chi connectivity index (χ0n) is 17.6. The van der Waals surface area contributed by atoms with E-state index in [4.69, 9.17) is 0 Å². The van der Waals surface area contributed by atoms with Gasteiger partial charge in [-0.05, 0) is 61.7 Å². The van der Waals surface area contributed by atoms with Crippen molar-refractivity contribution in [2.75, 3.05) is 26.7 Å². The Labute approximate surface area is 177 Å². The van der Waals surface area contributed by atoms with Crippen LogP contribution >= 0.6 is 0 Å². The molecule has 2 aliphatic rings. The van der Waals surface area contributed by atoms with Gasteiger partial charge < -0.3 is 9.80 Å². The van der Waals surface area contributed by atoms with Gasteiger partial charge in [0.15, 0.2) is 0 Å². The number of halogens is 2. The number of carbonyl (C=O) groups is 1. The fourth-order valence-electron chi connectivity index (χ4n) is 5.18. The molecule has 3 nitrogen and oxygen atoms in total. The van der Waals surface area contributed by atoms with E-state index < -0.39 is 5.82 Å². The number of carbonyl (C=O) groups excluding carboxylic acids is 1. The Morgan fingerprint density at radius 3 is 2.40 bits per heavy atom. The highest BCUT2D eigenvalue weighted by Gasteiger charge is 2.38. The van der Waals surface area contributed by atoms with E-state index in [-0.39, 0.29) is 23.6 Å². The van der Waals surface area contributed by atoms with Crippen LogP contribution in [0.3, 0.4) is 0 Å². The lowest BCUT2D eigenvalue weighted by atomic mass is 9.87. The van der Waals surface area contributed by atoms with Crippen LogP contribution < -0.4 is 0 Å². The minimum absolute atomic E-state index is 0.0734. The lowest BCUT2D eigenvalue weighted by molar-refractivity contribution is 0.0780. The van der Waals surface area contributed by atoms with Gasteiger partial charge >= 0.3 is 0 Å². The molecule has 1 amide bonds. The van der Waals surface area contributed by atoms with Crippen molar-refractivity contribution in [2.24, 2.45) is 5.92 Å². The number of hydrogen-bond acceptors (Lipinski definition) is 2. The first kappa shape index (κ1) is 21.0. The van der Waals surface area contributed by atoms with Crippen LogP contribution in [0.4, 0.5) is 8.78 Å². The van der Waals surface area contributed by atoms with Gasteiger partial charge in [-0.3, -0.25) is 4.79 Å². The van der Waals surface area contributed by atoms with Gasteiger partial charge in [-0.1, -0.05) is 37.5 Å². The number of benzene rings is 2. The van der Waals surface area contributed by atoms with Gasteiger partial charge in [0.05, 0.1) is 0 Å². The fraction of sp³-hybridized carbons (Fsp3) is 0.480. The topological polar surface area (TPSA) is 23.6 Å². The van der Waals surface area contributed by atoms with Crippen LogP contribution in [-0.4, -0.2) is 48.4 Å². The maximum atomic E-state index is 13.9. The molecule has 160 valence electrons. The molecule has 0 radical (unpaired) electrons. The highest BCUT2D eigenvalue weighted by molar-refractivity contribution is 5.94. The van der Waals surface area contributed by atoms with E-state index in [1.54, 1.807) is 24.3 Å². The number of nitrogens with zero attached hydrogens (tertiary/aromatic N) is 2. The molecule has 2 aromatic rings. The third-order valence-corrected chi connectivity index (χ3v) is 6.80. The third-order valence-electron chi connectivity index (χ3n) is 6.80. The predicted molar refractivity (Wildman–Crippen MR) is 114 cm³/mol. The summed E-state index contributed by atoms with van der Waals surface area (Å²) in [4.78, 5) is 17.3. The van der Waals surface area contributed by atoms with Crippen molar-refractivity contribution in [1.29, 1.82) is 0 Å². The number of amides is 1. The third kappa shape index (κ3) is 4.72. The van der Waals surface area contributed by atoms with Gasteiger partial charge in [-0.15, -0.1) is 0 Å². The second kappa shape index (κ2) is 9.25. The molecule has 0 spiro atoms. The van der Waals surface area contributed by atoms with Crippen LogP contribution in [0.1, 0.15) is 53.9 Å². The zero-order chi connectivity index (χ0) is 21.1. The Morgan fingerprint density at radius 1 is 1.00 bits per heavy atom. The van der Waals surface area contributed by atoms with Crippen LogP contribution in [0.15, 0.2) is 48.5 Å². The van der Waals surface area contributed by atoms with Crippen molar-refractivity contribution < 1.29 is 13.6 Å². The first-order chi connectivity index (χ1) is 14.5. The number of hydrogen-bond donors (Lipinski definition) is 0. The van der Waals surface area contributed by atoms with E-state index in [0.29, 0.717) is 24.7 Å². The molecule has 1 saturated heterocycles. The van der Waals surface area contributed by atoms with E-state index >= 15 is 0 Å². The smallest absolute Gasteiger partial charge is 0.253 e. The number of likely N-dealkylation sites (tertiary alicyclic amines) is 1. The van der Waals surface area contributed by atoms with Gasteiger partial charge in [0, 0.05) is 37.2 Å². The Kier molecular flexibility index (Phi) is 6.47. The van der Waals surface area contributed by atoms with E-state index in [9.17, 15) is 13.6 Å². The molecule has 0 bridgehead atoms. The lowest BCUT2D eigenvalue weighted by Gasteiger charge is -2.34. The first-order valence-electron chi connectivity index (χ1n) is 11.0. The van der Waals surface area contributed by atoms with Crippen molar-refractivity contribution in [3.63, 3.8) is 0 Å². The largest absolute Gasteiger partial charge is 0.338 e. The lowest BCUT2D eigenvalue weighted by Crippen LogP contribution is -2.39. The normalized spacial score (nSPS) is 22.6. The van der Waals surface area contributed by atoms with Crippen molar-refractivity contribution in [3.8, 4) is 0 Å². The number of rotatable bonds is 5. The molecule has 2 unspecified atom stereocenters. The average Bonchev–Trinajstić information content (AvgIpc) is 3.17. The quantitative estimate of drug-likeness (QED) is 0.683. The monoisotopic (exact) mass is 412 g/mol. The molecule has 2 atom stereocenters. The molecule has 5 heteroatoms. The van der Waals surface area contributed by atoms with Gasteiger partial charge in [0.2, 0.25) is 0 Å². The molecule has 1 aliphatic carbocycles. The summed E-state index contributed by atoms with van der Waals surface area (Å²) in [5, 5.41) is 0. The van der Waals surface area contributed by atoms with Crippen LogP contribution in [0.25, 0.3) is 0 Å². The SMILES string of the molecule is CN(CC1CN(C(=O)c2cccc(F)c2)CC1c1cccc(F)c1)C1CCCCC1. The average molecular weight is 413 g/mol. The Balaban J connectivity index is 1.54. The molecule has 4 rings (SSSR count). The van der Waals surface area contributed by atoms with Gasteiger partial charge in [-0.25, -0.2) is 8.78 Å². The first-order valence-corrected chi connectivity index (χ1v) is 11.0. The van der Waals surface area contributed by atoms with Gasteiger partial charge in [0.25, 0.3) is 5.91 Å². The standard InChI is InChI=1S/C25H30F2N2O/c1-28(23-11-3-2-4-12-23)15-20-16-29(25(30)19-8-6-10-22(27)14-19)17-24(20)18-7-5-9-21(26)13-18/h5-10,13-14,20,23-24H,2-4,11-12,15-17H2,1H3. The second-order valence-corrected chi connectivity index (χ2v) is 8.87. The molecule has 0 N–H and O–H groups in total. The van der Waals surface area contributed by atoms with Crippen LogP contribution in [0.2, 0.25) is 0 Å². The van der Waals surface area contributed by atoms with Crippen molar-refractivity contribution in [2.45, 2.75) is 44.1 Å². The summed E-state index contributed by atoms with van der Waals surface area (Å²) < 4.78 is 27.6. The Morgan fingerprint density at radius 2 is 1.70 bits per heavy atom. The van der Waals surface area contributed by atoms with Gasteiger partial charge in [-0.2, -0.15) is 0 Å². The predicted octanol–water partition coefficient (Wildman–Crippen LogP) is 5.09. The van der Waals surface area contributed by atoms with Crippen LogP contribution in [-0.2, 0) is 0 Å². The molecule has 2 fully saturated rings. The summed E-state index contributed by atoms with van der Waals surface area (Å²) in [6.45, 7) is 2.01. The van der Waals surface area contributed by atoms with Crippen molar-refractivity contribution >= 4 is 5.91 Å². The molecule has 1 aliphatic heterocycles. The van der Waals surface area contributed by atoms with Crippen molar-refractivity contribution in [1.82, 2.24) is 9.80 Å². The summed E-state index contributed by atoms with van der Waals surface area (Å²) in [7, 11) is 2.18. The molecule has 1 heterocycles. The van der Waals surface area contributed by atoms with E-state index in [1.165, 1.54) is 50.3 Å². The molecule has 30 heavy (non-hydrogen) atoms. The molecular weight excluding hydrogens is 382 g/mol. The minimum atomic E-state index is -0.407. The van der Waals surface area contributed by atoms with E-state index in [0.717, 1.165) is 12.1 Å². The second-order valence-electron chi connectivity index (χ2n) is 8.87. The van der Waals surface area contributed by atoms with E-state index in [2.05, 4.69) is 11.9 Å². The summed E-state index contributed by atoms with van der Waals surface area (Å²) in [5.41, 5.74) is 1.31. The summed E-state index contributed by atoms with van der Waals surface area (Å²) in [6.07, 6.45) is 6.31. The highest BCUT2D eigenvalue weighted by atomic mass is 19.1. The fourth-order valence-corrected chi connectivity index (χ4v) is 5.18. The van der Waals surface area contributed by atoms with Crippen molar-refractivity contribution in [3.05, 3.63) is 71.3 Å². The maximum Gasteiger partial charge on any atom is 0.253 e. The van der Waals surface area contributed by atoms with Crippen LogP contribution in [0, 0.1) is 17.6 Å². The summed E-state index contributed by atoms with van der Waals surface area (Å²) >= 11 is 0. The zero-order valence-corrected chi connectivity index (χ0v) is 17.6. The summed E-state index contributed by atoms with van der Waals surface area (Å²) in [5.74, 6) is -0.517. The minimum Gasteiger partial charge on any atom is -0.338 e. The maximum absolute atomic E-state index is 13.9. The van der Waals surface area contributed by atoms with Crippen LogP contribution in [0.5, 0.6) is 0 Å². The molecule has 1 saturated carbocycles. The van der Waals surface area contributed by atoms with E-state index in [1.807, 2.05) is 11.0 Å². The highest BCUT2D eigenvalue weighted by Crippen LogP contribution is 2.35. The Bertz CT molecular complexity index is 881. The Hall–Kier alpha value is -2.27. The molecule has 2 aromatic carbocycles. The molecular formula is C25H30F2N2O. The molecule has 0 aromatic heterocycles. The van der Waals surface area contributed by atoms with Gasteiger partial charge in [0.1, 0.15) is 11.6 Å².